The molecule has 30 heavy (non-hydrogen) atoms. The van der Waals surface area contributed by atoms with Crippen LogP contribution < -0.4 is 0 Å². The van der Waals surface area contributed by atoms with Gasteiger partial charge in [0.15, 0.2) is 5.16 Å². The topological polar surface area (TPSA) is 88.4 Å². The highest BCUT2D eigenvalue weighted by Crippen LogP contribution is 2.26. The Balaban J connectivity index is 1.64. The lowest BCUT2D eigenvalue weighted by molar-refractivity contribution is -0.129. The first-order chi connectivity index (χ1) is 14.1. The SMILES string of the molecule is Cc1ccc(C)c(-n2c(C)nnc2SCC(=O)N2CCC(N(C)S(C)(=O)=O)CC2)c1. The Labute approximate surface area is 182 Å². The predicted molar refractivity (Wildman–Crippen MR) is 119 cm³/mol. The molecule has 3 rings (SSSR count). The van der Waals surface area contributed by atoms with Crippen molar-refractivity contribution in [2.45, 2.75) is 44.8 Å². The molecule has 0 spiro atoms. The average molecular weight is 452 g/mol. The Morgan fingerprint density at radius 3 is 2.50 bits per heavy atom. The van der Waals surface area contributed by atoms with E-state index >= 15 is 0 Å². The van der Waals surface area contributed by atoms with E-state index in [1.807, 2.05) is 30.2 Å². The van der Waals surface area contributed by atoms with Crippen LogP contribution in [0.25, 0.3) is 5.69 Å². The number of carbonyl (C=O) groups is 1. The van der Waals surface area contributed by atoms with Crippen molar-refractivity contribution in [3.05, 3.63) is 35.2 Å². The minimum Gasteiger partial charge on any atom is -0.342 e. The molecule has 2 aromatic rings. The van der Waals surface area contributed by atoms with E-state index in [-0.39, 0.29) is 17.7 Å². The van der Waals surface area contributed by atoms with Crippen molar-refractivity contribution in [1.82, 2.24) is 24.0 Å². The van der Waals surface area contributed by atoms with Gasteiger partial charge in [0.05, 0.1) is 17.7 Å². The summed E-state index contributed by atoms with van der Waals surface area (Å²) < 4.78 is 26.9. The summed E-state index contributed by atoms with van der Waals surface area (Å²) in [6.07, 6.45) is 2.52. The highest BCUT2D eigenvalue weighted by molar-refractivity contribution is 7.99. The molecule has 1 saturated heterocycles. The van der Waals surface area contributed by atoms with Crippen LogP contribution in [0.5, 0.6) is 0 Å². The number of benzene rings is 1. The third-order valence-electron chi connectivity index (χ3n) is 5.58. The Hall–Kier alpha value is -1.91. The first kappa shape index (κ1) is 22.8. The standard InChI is InChI=1S/C20H29N5O3S2/c1-14-6-7-15(2)18(12-14)25-16(3)21-22-20(25)29-13-19(26)24-10-8-17(9-11-24)23(4)30(5,27)28/h6-7,12,17H,8-11,13H2,1-5H3. The van der Waals surface area contributed by atoms with Crippen molar-refractivity contribution < 1.29 is 13.2 Å². The van der Waals surface area contributed by atoms with Crippen LogP contribution in [0.15, 0.2) is 23.4 Å². The number of aryl methyl sites for hydroxylation is 3. The van der Waals surface area contributed by atoms with Gasteiger partial charge in [-0.15, -0.1) is 10.2 Å². The number of likely N-dealkylation sites (tertiary alicyclic amines) is 1. The highest BCUT2D eigenvalue weighted by Gasteiger charge is 2.29. The van der Waals surface area contributed by atoms with E-state index in [9.17, 15) is 13.2 Å². The highest BCUT2D eigenvalue weighted by atomic mass is 32.2. The molecule has 0 radical (unpaired) electrons. The van der Waals surface area contributed by atoms with Gasteiger partial charge in [0.1, 0.15) is 5.82 Å². The number of hydrogen-bond acceptors (Lipinski definition) is 6. The number of carbonyl (C=O) groups excluding carboxylic acids is 1. The minimum atomic E-state index is -3.21. The van der Waals surface area contributed by atoms with E-state index in [0.29, 0.717) is 31.1 Å². The summed E-state index contributed by atoms with van der Waals surface area (Å²) in [5, 5.41) is 9.18. The molecule has 0 aliphatic carbocycles. The molecule has 1 aliphatic rings. The second-order valence-electron chi connectivity index (χ2n) is 7.83. The molecule has 1 aliphatic heterocycles. The van der Waals surface area contributed by atoms with Crippen molar-refractivity contribution in [1.29, 1.82) is 0 Å². The fourth-order valence-corrected chi connectivity index (χ4v) is 5.29. The van der Waals surface area contributed by atoms with Crippen molar-refractivity contribution in [3.8, 4) is 5.69 Å². The summed E-state index contributed by atoms with van der Waals surface area (Å²) >= 11 is 1.38. The van der Waals surface area contributed by atoms with Crippen LogP contribution in [-0.2, 0) is 14.8 Å². The monoisotopic (exact) mass is 451 g/mol. The number of amides is 1. The fraction of sp³-hybridized carbons (Fsp3) is 0.550. The Kier molecular flexibility index (Phi) is 6.88. The molecule has 1 aromatic heterocycles. The van der Waals surface area contributed by atoms with Gasteiger partial charge in [0.2, 0.25) is 15.9 Å². The molecule has 1 amide bonds. The van der Waals surface area contributed by atoms with Gasteiger partial charge in [-0.2, -0.15) is 0 Å². The van der Waals surface area contributed by atoms with Crippen molar-refractivity contribution >= 4 is 27.7 Å². The first-order valence-electron chi connectivity index (χ1n) is 9.91. The van der Waals surface area contributed by atoms with Gasteiger partial charge in [-0.25, -0.2) is 12.7 Å². The number of sulfonamides is 1. The molecule has 10 heteroatoms. The van der Waals surface area contributed by atoms with Crippen LogP contribution in [0.2, 0.25) is 0 Å². The van der Waals surface area contributed by atoms with Crippen LogP contribution in [0.3, 0.4) is 0 Å². The number of thioether (sulfide) groups is 1. The van der Waals surface area contributed by atoms with Crippen molar-refractivity contribution in [3.63, 3.8) is 0 Å². The normalized spacial score (nSPS) is 15.7. The minimum absolute atomic E-state index is 0.0358. The molecule has 8 nitrogen and oxygen atoms in total. The van der Waals surface area contributed by atoms with E-state index in [4.69, 9.17) is 0 Å². The van der Waals surface area contributed by atoms with Crippen LogP contribution in [0.4, 0.5) is 0 Å². The van der Waals surface area contributed by atoms with E-state index < -0.39 is 10.0 Å². The predicted octanol–water partition coefficient (Wildman–Crippen LogP) is 2.17. The zero-order chi connectivity index (χ0) is 22.1. The lowest BCUT2D eigenvalue weighted by atomic mass is 10.1. The summed E-state index contributed by atoms with van der Waals surface area (Å²) in [6.45, 7) is 7.12. The fourth-order valence-electron chi connectivity index (χ4n) is 3.64. The molecule has 164 valence electrons. The molecule has 0 saturated carbocycles. The Morgan fingerprint density at radius 1 is 1.20 bits per heavy atom. The van der Waals surface area contributed by atoms with E-state index in [1.165, 1.54) is 22.3 Å². The molecule has 0 bridgehead atoms. The Bertz CT molecular complexity index is 1030. The quantitative estimate of drug-likeness (QED) is 0.626. The number of piperidine rings is 1. The average Bonchev–Trinajstić information content (AvgIpc) is 3.07. The maximum atomic E-state index is 12.7. The second kappa shape index (κ2) is 9.07. The zero-order valence-corrected chi connectivity index (χ0v) is 19.8. The van der Waals surface area contributed by atoms with Gasteiger partial charge < -0.3 is 4.90 Å². The molecule has 2 heterocycles. The molecule has 1 fully saturated rings. The van der Waals surface area contributed by atoms with Crippen LogP contribution in [0.1, 0.15) is 29.8 Å². The Morgan fingerprint density at radius 2 is 1.87 bits per heavy atom. The van der Waals surface area contributed by atoms with Gasteiger partial charge in [-0.1, -0.05) is 23.9 Å². The third-order valence-corrected chi connectivity index (χ3v) is 7.84. The summed E-state index contributed by atoms with van der Waals surface area (Å²) in [4.78, 5) is 14.5. The second-order valence-corrected chi connectivity index (χ2v) is 10.8. The van der Waals surface area contributed by atoms with Crippen molar-refractivity contribution in [2.24, 2.45) is 0 Å². The van der Waals surface area contributed by atoms with Gasteiger partial charge in [-0.3, -0.25) is 9.36 Å². The lowest BCUT2D eigenvalue weighted by Gasteiger charge is -2.35. The van der Waals surface area contributed by atoms with Gasteiger partial charge in [0.25, 0.3) is 0 Å². The summed E-state index contributed by atoms with van der Waals surface area (Å²) in [6, 6.07) is 6.19. The van der Waals surface area contributed by atoms with E-state index in [0.717, 1.165) is 22.6 Å². The van der Waals surface area contributed by atoms with Gasteiger partial charge in [-0.05, 0) is 50.8 Å². The number of aromatic nitrogens is 3. The molecule has 0 unspecified atom stereocenters. The maximum absolute atomic E-state index is 12.7. The lowest BCUT2D eigenvalue weighted by Crippen LogP contribution is -2.47. The van der Waals surface area contributed by atoms with E-state index in [2.05, 4.69) is 28.4 Å². The zero-order valence-electron chi connectivity index (χ0n) is 18.1. The largest absolute Gasteiger partial charge is 0.342 e. The molecular weight excluding hydrogens is 422 g/mol. The summed E-state index contributed by atoms with van der Waals surface area (Å²) in [5.41, 5.74) is 3.29. The number of rotatable bonds is 6. The smallest absolute Gasteiger partial charge is 0.233 e. The number of nitrogens with zero attached hydrogens (tertiary/aromatic N) is 5. The number of hydrogen-bond donors (Lipinski definition) is 0. The van der Waals surface area contributed by atoms with Gasteiger partial charge in [0, 0.05) is 26.2 Å². The van der Waals surface area contributed by atoms with Crippen LogP contribution in [0, 0.1) is 20.8 Å². The van der Waals surface area contributed by atoms with E-state index in [1.54, 1.807) is 7.05 Å². The first-order valence-corrected chi connectivity index (χ1v) is 12.7. The molecule has 0 N–H and O–H groups in total. The molecular formula is C20H29N5O3S2. The summed E-state index contributed by atoms with van der Waals surface area (Å²) in [5.74, 6) is 1.09. The molecule has 1 aromatic carbocycles. The molecule has 0 atom stereocenters. The van der Waals surface area contributed by atoms with Crippen molar-refractivity contribution in [2.75, 3.05) is 32.1 Å². The third kappa shape index (κ3) is 5.04. The maximum Gasteiger partial charge on any atom is 0.233 e. The van der Waals surface area contributed by atoms with Gasteiger partial charge >= 0.3 is 0 Å². The summed E-state index contributed by atoms with van der Waals surface area (Å²) in [7, 11) is -1.61. The van der Waals surface area contributed by atoms with Crippen LogP contribution in [-0.4, -0.2) is 76.5 Å². The van der Waals surface area contributed by atoms with Crippen LogP contribution >= 0.6 is 11.8 Å².